The Labute approximate surface area is 82.5 Å². The van der Waals surface area contributed by atoms with E-state index in [1.165, 1.54) is 6.92 Å². The Morgan fingerprint density at radius 1 is 1.31 bits per heavy atom. The molecule has 0 aliphatic rings. The summed E-state index contributed by atoms with van der Waals surface area (Å²) in [4.78, 5) is 12.8. The zero-order valence-electron chi connectivity index (χ0n) is 10.1. The molecule has 0 aromatic rings. The summed E-state index contributed by atoms with van der Waals surface area (Å²) < 4.78 is 0. The van der Waals surface area contributed by atoms with E-state index in [1.54, 1.807) is 0 Å². The van der Waals surface area contributed by atoms with E-state index in [9.17, 15) is 4.79 Å². The van der Waals surface area contributed by atoms with Crippen molar-refractivity contribution in [2.24, 2.45) is 0 Å². The van der Waals surface area contributed by atoms with Crippen LogP contribution in [-0.2, 0) is 4.79 Å². The van der Waals surface area contributed by atoms with Gasteiger partial charge >= 0.3 is 0 Å². The van der Waals surface area contributed by atoms with E-state index < -0.39 is 0 Å². The van der Waals surface area contributed by atoms with Gasteiger partial charge in [-0.25, -0.2) is 0 Å². The SMILES string of the molecule is CC.CC(=O)NC(C)(C)CN(C)C. The fraction of sp³-hybridized carbons (Fsp3) is 0.900. The number of rotatable bonds is 3. The van der Waals surface area contributed by atoms with Gasteiger partial charge in [0.15, 0.2) is 0 Å². The molecule has 1 amide bonds. The molecule has 3 nitrogen and oxygen atoms in total. The van der Waals surface area contributed by atoms with Gasteiger partial charge in [-0.05, 0) is 27.9 Å². The summed E-state index contributed by atoms with van der Waals surface area (Å²) in [6.45, 7) is 10.4. The monoisotopic (exact) mass is 188 g/mol. The Morgan fingerprint density at radius 2 is 1.69 bits per heavy atom. The second-order valence-electron chi connectivity index (χ2n) is 3.80. The number of amides is 1. The summed E-state index contributed by atoms with van der Waals surface area (Å²) in [6, 6.07) is 0. The molecule has 0 saturated heterocycles. The normalized spacial score (nSPS) is 10.5. The number of hydrogen-bond donors (Lipinski definition) is 1. The van der Waals surface area contributed by atoms with Crippen LogP contribution < -0.4 is 5.32 Å². The van der Waals surface area contributed by atoms with Crippen molar-refractivity contribution < 1.29 is 4.79 Å². The van der Waals surface area contributed by atoms with Gasteiger partial charge in [0.05, 0.1) is 0 Å². The minimum absolute atomic E-state index is 0.0249. The van der Waals surface area contributed by atoms with Gasteiger partial charge in [0.2, 0.25) is 5.91 Å². The van der Waals surface area contributed by atoms with Crippen molar-refractivity contribution >= 4 is 5.91 Å². The van der Waals surface area contributed by atoms with Crippen LogP contribution in [0.15, 0.2) is 0 Å². The lowest BCUT2D eigenvalue weighted by atomic mass is 10.1. The van der Waals surface area contributed by atoms with Crippen LogP contribution in [0.3, 0.4) is 0 Å². The molecule has 0 atom stereocenters. The van der Waals surface area contributed by atoms with Gasteiger partial charge in [-0.1, -0.05) is 13.8 Å². The van der Waals surface area contributed by atoms with Gasteiger partial charge < -0.3 is 10.2 Å². The van der Waals surface area contributed by atoms with E-state index in [2.05, 4.69) is 10.2 Å². The van der Waals surface area contributed by atoms with Crippen molar-refractivity contribution in [2.45, 2.75) is 40.2 Å². The zero-order valence-corrected chi connectivity index (χ0v) is 10.1. The number of carbonyl (C=O) groups is 1. The second kappa shape index (κ2) is 6.89. The molecule has 0 bridgehead atoms. The Hall–Kier alpha value is -0.570. The molecular weight excluding hydrogens is 164 g/mol. The number of nitrogens with zero attached hydrogens (tertiary/aromatic N) is 1. The van der Waals surface area contributed by atoms with Gasteiger partial charge in [0.25, 0.3) is 0 Å². The molecule has 1 N–H and O–H groups in total. The standard InChI is InChI=1S/C8H18N2O.C2H6/c1-7(11)9-8(2,3)6-10(4)5;1-2/h6H2,1-5H3,(H,9,11);1-2H3. The van der Waals surface area contributed by atoms with Crippen molar-refractivity contribution in [1.29, 1.82) is 0 Å². The van der Waals surface area contributed by atoms with Crippen molar-refractivity contribution in [3.8, 4) is 0 Å². The van der Waals surface area contributed by atoms with E-state index in [1.807, 2.05) is 41.8 Å². The maximum atomic E-state index is 10.7. The molecular formula is C10H24N2O. The maximum Gasteiger partial charge on any atom is 0.217 e. The number of carbonyl (C=O) groups excluding carboxylic acids is 1. The summed E-state index contributed by atoms with van der Waals surface area (Å²) in [5.41, 5.74) is -0.130. The van der Waals surface area contributed by atoms with E-state index in [0.29, 0.717) is 0 Å². The number of nitrogens with one attached hydrogen (secondary N) is 1. The summed E-state index contributed by atoms with van der Waals surface area (Å²) in [5.74, 6) is 0.0249. The lowest BCUT2D eigenvalue weighted by molar-refractivity contribution is -0.120. The fourth-order valence-corrected chi connectivity index (χ4v) is 1.31. The molecule has 3 heteroatoms. The summed E-state index contributed by atoms with van der Waals surface area (Å²) in [6.07, 6.45) is 0. The molecule has 0 fully saturated rings. The summed E-state index contributed by atoms with van der Waals surface area (Å²) >= 11 is 0. The smallest absolute Gasteiger partial charge is 0.217 e. The van der Waals surface area contributed by atoms with Gasteiger partial charge in [-0.15, -0.1) is 0 Å². The minimum Gasteiger partial charge on any atom is -0.350 e. The first-order chi connectivity index (χ1) is 5.83. The first-order valence-corrected chi connectivity index (χ1v) is 4.77. The predicted molar refractivity (Wildman–Crippen MR) is 57.8 cm³/mol. The molecule has 0 aliphatic carbocycles. The molecule has 80 valence electrons. The van der Waals surface area contributed by atoms with Gasteiger partial charge in [0.1, 0.15) is 0 Å². The molecule has 13 heavy (non-hydrogen) atoms. The molecule has 0 rings (SSSR count). The van der Waals surface area contributed by atoms with Gasteiger partial charge in [0, 0.05) is 19.0 Å². The zero-order chi connectivity index (χ0) is 11.1. The van der Waals surface area contributed by atoms with Crippen LogP contribution in [0.25, 0.3) is 0 Å². The summed E-state index contributed by atoms with van der Waals surface area (Å²) in [5, 5.41) is 2.87. The van der Waals surface area contributed by atoms with E-state index >= 15 is 0 Å². The number of likely N-dealkylation sites (N-methyl/N-ethyl adjacent to an activating group) is 1. The second-order valence-corrected chi connectivity index (χ2v) is 3.80. The highest BCUT2D eigenvalue weighted by Crippen LogP contribution is 2.02. The minimum atomic E-state index is -0.130. The Bertz CT molecular complexity index is 142. The van der Waals surface area contributed by atoms with Crippen LogP contribution in [0.2, 0.25) is 0 Å². The van der Waals surface area contributed by atoms with Crippen molar-refractivity contribution in [3.63, 3.8) is 0 Å². The van der Waals surface area contributed by atoms with E-state index in [-0.39, 0.29) is 11.4 Å². The molecule has 0 heterocycles. The highest BCUT2D eigenvalue weighted by atomic mass is 16.1. The van der Waals surface area contributed by atoms with Crippen LogP contribution in [0.4, 0.5) is 0 Å². The fourth-order valence-electron chi connectivity index (χ4n) is 1.31. The van der Waals surface area contributed by atoms with E-state index in [0.717, 1.165) is 6.54 Å². The third-order valence-electron chi connectivity index (χ3n) is 1.23. The largest absolute Gasteiger partial charge is 0.350 e. The van der Waals surface area contributed by atoms with Crippen molar-refractivity contribution in [1.82, 2.24) is 10.2 Å². The topological polar surface area (TPSA) is 32.3 Å². The molecule has 0 aromatic carbocycles. The molecule has 0 spiro atoms. The molecule has 0 unspecified atom stereocenters. The van der Waals surface area contributed by atoms with Crippen molar-refractivity contribution in [2.75, 3.05) is 20.6 Å². The highest BCUT2D eigenvalue weighted by molar-refractivity contribution is 5.73. The highest BCUT2D eigenvalue weighted by Gasteiger charge is 2.18. The van der Waals surface area contributed by atoms with Crippen LogP contribution in [0.1, 0.15) is 34.6 Å². The summed E-state index contributed by atoms with van der Waals surface area (Å²) in [7, 11) is 3.98. The Balaban J connectivity index is 0. The third kappa shape index (κ3) is 11.4. The lowest BCUT2D eigenvalue weighted by Gasteiger charge is -2.28. The van der Waals surface area contributed by atoms with Crippen molar-refractivity contribution in [3.05, 3.63) is 0 Å². The molecule has 0 aliphatic heterocycles. The van der Waals surface area contributed by atoms with Crippen LogP contribution in [0.5, 0.6) is 0 Å². The first-order valence-electron chi connectivity index (χ1n) is 4.77. The van der Waals surface area contributed by atoms with E-state index in [4.69, 9.17) is 0 Å². The molecule has 0 aromatic heterocycles. The molecule has 0 radical (unpaired) electrons. The Kier molecular flexibility index (Phi) is 7.92. The average Bonchev–Trinajstić information content (AvgIpc) is 1.85. The number of hydrogen-bond acceptors (Lipinski definition) is 2. The average molecular weight is 188 g/mol. The Morgan fingerprint density at radius 3 is 1.92 bits per heavy atom. The van der Waals surface area contributed by atoms with Crippen LogP contribution in [0, 0.1) is 0 Å². The maximum absolute atomic E-state index is 10.7. The lowest BCUT2D eigenvalue weighted by Crippen LogP contribution is -2.49. The van der Waals surface area contributed by atoms with Crippen LogP contribution >= 0.6 is 0 Å². The van der Waals surface area contributed by atoms with Gasteiger partial charge in [-0.3, -0.25) is 4.79 Å². The first kappa shape index (κ1) is 14.9. The van der Waals surface area contributed by atoms with Gasteiger partial charge in [-0.2, -0.15) is 0 Å². The molecule has 0 saturated carbocycles. The quantitative estimate of drug-likeness (QED) is 0.727. The third-order valence-corrected chi connectivity index (χ3v) is 1.23. The van der Waals surface area contributed by atoms with Crippen LogP contribution in [-0.4, -0.2) is 37.0 Å². The predicted octanol–water partition coefficient (Wildman–Crippen LogP) is 1.49.